The van der Waals surface area contributed by atoms with Crippen molar-refractivity contribution in [3.63, 3.8) is 0 Å². The summed E-state index contributed by atoms with van der Waals surface area (Å²) in [5.41, 5.74) is 0.582. The molecule has 0 aliphatic rings. The van der Waals surface area contributed by atoms with Crippen LogP contribution >= 0.6 is 11.6 Å². The fraction of sp³-hybridized carbons (Fsp3) is 0.167. The summed E-state index contributed by atoms with van der Waals surface area (Å²) in [6.45, 7) is 1.75. The first kappa shape index (κ1) is 14.0. The monoisotopic (exact) mass is 295 g/mol. The lowest BCUT2D eigenvalue weighted by molar-refractivity contribution is -0.385. The van der Waals surface area contributed by atoms with E-state index in [4.69, 9.17) is 21.1 Å². The van der Waals surface area contributed by atoms with Gasteiger partial charge in [0.05, 0.1) is 12.0 Å². The third kappa shape index (κ3) is 2.77. The fourth-order valence-electron chi connectivity index (χ4n) is 1.54. The molecular weight excluding hydrogens is 286 g/mol. The molecule has 0 N–H and O–H groups in total. The number of rotatable bonds is 4. The van der Waals surface area contributed by atoms with Gasteiger partial charge >= 0.3 is 5.69 Å². The third-order valence-corrected chi connectivity index (χ3v) is 2.72. The van der Waals surface area contributed by atoms with Gasteiger partial charge in [-0.25, -0.2) is 4.98 Å². The van der Waals surface area contributed by atoms with E-state index in [1.807, 2.05) is 0 Å². The SMILES string of the molecule is COc1c(Cl)ncnc1Oc1ccc(C)cc1[N+](=O)[O-]. The molecule has 0 radical (unpaired) electrons. The van der Waals surface area contributed by atoms with Gasteiger partial charge < -0.3 is 9.47 Å². The van der Waals surface area contributed by atoms with E-state index >= 15 is 0 Å². The molecule has 20 heavy (non-hydrogen) atoms. The number of nitro benzene ring substituents is 1. The molecule has 1 heterocycles. The van der Waals surface area contributed by atoms with Crippen molar-refractivity contribution in [2.75, 3.05) is 7.11 Å². The van der Waals surface area contributed by atoms with Gasteiger partial charge in [-0.3, -0.25) is 10.1 Å². The van der Waals surface area contributed by atoms with E-state index in [1.54, 1.807) is 13.0 Å². The largest absolute Gasteiger partial charge is 0.489 e. The topological polar surface area (TPSA) is 87.4 Å². The lowest BCUT2D eigenvalue weighted by atomic mass is 10.2. The van der Waals surface area contributed by atoms with Crippen molar-refractivity contribution in [2.24, 2.45) is 0 Å². The molecule has 7 nitrogen and oxygen atoms in total. The van der Waals surface area contributed by atoms with E-state index < -0.39 is 4.92 Å². The average Bonchev–Trinajstić information content (AvgIpc) is 2.41. The zero-order valence-electron chi connectivity index (χ0n) is 10.7. The van der Waals surface area contributed by atoms with E-state index in [1.165, 1.54) is 25.6 Å². The van der Waals surface area contributed by atoms with E-state index in [0.717, 1.165) is 5.56 Å². The molecule has 0 amide bonds. The number of ether oxygens (including phenoxy) is 2. The predicted molar refractivity (Wildman–Crippen MR) is 71.5 cm³/mol. The van der Waals surface area contributed by atoms with Crippen molar-refractivity contribution in [1.82, 2.24) is 9.97 Å². The van der Waals surface area contributed by atoms with Crippen LogP contribution < -0.4 is 9.47 Å². The van der Waals surface area contributed by atoms with Gasteiger partial charge in [-0.1, -0.05) is 17.7 Å². The van der Waals surface area contributed by atoms with Crippen LogP contribution in [0.25, 0.3) is 0 Å². The first-order chi connectivity index (χ1) is 9.52. The molecule has 0 atom stereocenters. The maximum absolute atomic E-state index is 11.0. The number of nitrogens with zero attached hydrogens (tertiary/aromatic N) is 3. The van der Waals surface area contributed by atoms with Gasteiger partial charge in [0, 0.05) is 6.07 Å². The second-order valence-corrected chi connectivity index (χ2v) is 4.19. The highest BCUT2D eigenvalue weighted by Gasteiger charge is 2.19. The van der Waals surface area contributed by atoms with E-state index in [-0.39, 0.29) is 28.2 Å². The maximum atomic E-state index is 11.0. The minimum atomic E-state index is -0.530. The van der Waals surface area contributed by atoms with Crippen LogP contribution in [0.3, 0.4) is 0 Å². The Morgan fingerprint density at radius 1 is 1.35 bits per heavy atom. The van der Waals surface area contributed by atoms with Crippen molar-refractivity contribution in [1.29, 1.82) is 0 Å². The summed E-state index contributed by atoms with van der Waals surface area (Å²) in [5.74, 6) is 0.178. The summed E-state index contributed by atoms with van der Waals surface area (Å²) < 4.78 is 10.4. The van der Waals surface area contributed by atoms with E-state index in [9.17, 15) is 10.1 Å². The molecule has 8 heteroatoms. The van der Waals surface area contributed by atoms with Crippen molar-refractivity contribution in [2.45, 2.75) is 6.92 Å². The molecule has 0 saturated heterocycles. The van der Waals surface area contributed by atoms with Gasteiger partial charge in [-0.05, 0) is 18.6 Å². The van der Waals surface area contributed by atoms with E-state index in [0.29, 0.717) is 0 Å². The number of methoxy groups -OCH3 is 1. The normalized spacial score (nSPS) is 10.2. The summed E-state index contributed by atoms with van der Waals surface area (Å²) in [6.07, 6.45) is 1.18. The Morgan fingerprint density at radius 3 is 2.75 bits per heavy atom. The zero-order valence-corrected chi connectivity index (χ0v) is 11.4. The molecule has 1 aromatic carbocycles. The first-order valence-electron chi connectivity index (χ1n) is 5.50. The molecule has 0 bridgehead atoms. The van der Waals surface area contributed by atoms with Crippen molar-refractivity contribution in [3.8, 4) is 17.4 Å². The van der Waals surface area contributed by atoms with Crippen LogP contribution in [-0.4, -0.2) is 22.0 Å². The van der Waals surface area contributed by atoms with Gasteiger partial charge in [0.15, 0.2) is 5.15 Å². The highest BCUT2D eigenvalue weighted by atomic mass is 35.5. The van der Waals surface area contributed by atoms with Gasteiger partial charge in [0.1, 0.15) is 6.33 Å². The number of nitro groups is 1. The fourth-order valence-corrected chi connectivity index (χ4v) is 1.74. The molecule has 0 aliphatic carbocycles. The van der Waals surface area contributed by atoms with Crippen molar-refractivity contribution >= 4 is 17.3 Å². The summed E-state index contributed by atoms with van der Waals surface area (Å²) in [6, 6.07) is 4.59. The van der Waals surface area contributed by atoms with Crippen LogP contribution in [0.4, 0.5) is 5.69 Å². The summed E-state index contributed by atoms with van der Waals surface area (Å²) in [7, 11) is 1.38. The van der Waals surface area contributed by atoms with Crippen LogP contribution in [0.2, 0.25) is 5.15 Å². The Labute approximate surface area is 119 Å². The van der Waals surface area contributed by atoms with Crippen molar-refractivity contribution < 1.29 is 14.4 Å². The second kappa shape index (κ2) is 5.70. The van der Waals surface area contributed by atoms with Crippen LogP contribution in [0.1, 0.15) is 5.56 Å². The molecule has 0 aliphatic heterocycles. The number of aromatic nitrogens is 2. The summed E-state index contributed by atoms with van der Waals surface area (Å²) >= 11 is 5.83. The minimum absolute atomic E-state index is 0.0134. The molecule has 0 spiro atoms. The lowest BCUT2D eigenvalue weighted by Crippen LogP contribution is -1.98. The Hall–Kier alpha value is -2.41. The molecule has 0 fully saturated rings. The zero-order chi connectivity index (χ0) is 14.7. The predicted octanol–water partition coefficient (Wildman–Crippen LogP) is 3.15. The molecular formula is C12H10ClN3O4. The first-order valence-corrected chi connectivity index (χ1v) is 5.88. The standard InChI is InChI=1S/C12H10ClN3O4/c1-7-3-4-9(8(5-7)16(17)18)20-12-10(19-2)11(13)14-6-15-12/h3-6H,1-2H3. The van der Waals surface area contributed by atoms with Crippen LogP contribution in [-0.2, 0) is 0 Å². The van der Waals surface area contributed by atoms with Crippen LogP contribution in [0, 0.1) is 17.0 Å². The third-order valence-electron chi connectivity index (χ3n) is 2.45. The van der Waals surface area contributed by atoms with Gasteiger partial charge in [0.25, 0.3) is 5.88 Å². The lowest BCUT2D eigenvalue weighted by Gasteiger charge is -2.09. The van der Waals surface area contributed by atoms with Crippen molar-refractivity contribution in [3.05, 3.63) is 45.4 Å². The maximum Gasteiger partial charge on any atom is 0.311 e. The number of hydrogen-bond acceptors (Lipinski definition) is 6. The molecule has 104 valence electrons. The molecule has 2 rings (SSSR count). The van der Waals surface area contributed by atoms with Crippen LogP contribution in [0.15, 0.2) is 24.5 Å². The Kier molecular flexibility index (Phi) is 3.99. The second-order valence-electron chi connectivity index (χ2n) is 3.83. The Bertz CT molecular complexity index is 663. The molecule has 1 aromatic heterocycles. The number of benzene rings is 1. The number of halogens is 1. The van der Waals surface area contributed by atoms with Gasteiger partial charge in [0.2, 0.25) is 11.5 Å². The average molecular weight is 296 g/mol. The number of aryl methyl sites for hydroxylation is 1. The smallest absolute Gasteiger partial charge is 0.311 e. The molecule has 0 unspecified atom stereocenters. The molecule has 2 aromatic rings. The highest BCUT2D eigenvalue weighted by molar-refractivity contribution is 6.31. The van der Waals surface area contributed by atoms with Crippen LogP contribution in [0.5, 0.6) is 17.4 Å². The highest BCUT2D eigenvalue weighted by Crippen LogP contribution is 2.37. The quantitative estimate of drug-likeness (QED) is 0.489. The van der Waals surface area contributed by atoms with E-state index in [2.05, 4.69) is 9.97 Å². The summed E-state index contributed by atoms with van der Waals surface area (Å²) in [5, 5.41) is 11.1. The minimum Gasteiger partial charge on any atom is -0.489 e. The van der Waals surface area contributed by atoms with Gasteiger partial charge in [-0.15, -0.1) is 0 Å². The Morgan fingerprint density at radius 2 is 2.10 bits per heavy atom. The van der Waals surface area contributed by atoms with Gasteiger partial charge in [-0.2, -0.15) is 4.98 Å². The summed E-state index contributed by atoms with van der Waals surface area (Å²) in [4.78, 5) is 18.1. The molecule has 0 saturated carbocycles. The Balaban J connectivity index is 2.45. The number of hydrogen-bond donors (Lipinski definition) is 0.